The summed E-state index contributed by atoms with van der Waals surface area (Å²) in [5, 5.41) is 8.60. The van der Waals surface area contributed by atoms with Gasteiger partial charge in [0.2, 0.25) is 11.0 Å². The average Bonchev–Trinajstić information content (AvgIpc) is 3.14. The minimum absolute atomic E-state index is 0.000686. The van der Waals surface area contributed by atoms with Crippen LogP contribution in [-0.4, -0.2) is 39.4 Å². The number of anilines is 1. The highest BCUT2D eigenvalue weighted by molar-refractivity contribution is 9.10. The van der Waals surface area contributed by atoms with Crippen LogP contribution < -0.4 is 5.32 Å². The number of aromatic nitrogens is 2. The first-order valence-corrected chi connectivity index (χ1v) is 9.05. The van der Waals surface area contributed by atoms with Gasteiger partial charge in [0.1, 0.15) is 0 Å². The van der Waals surface area contributed by atoms with Gasteiger partial charge in [-0.1, -0.05) is 27.3 Å². The number of alkyl halides is 2. The molecule has 0 atom stereocenters. The molecule has 0 spiro atoms. The number of amides is 3. The van der Waals surface area contributed by atoms with E-state index in [2.05, 4.69) is 31.4 Å². The first-order chi connectivity index (χ1) is 12.4. The molecule has 0 bridgehead atoms. The average molecular weight is 445 g/mol. The largest absolute Gasteiger partial charge is 0.301 e. The molecule has 7 nitrogen and oxygen atoms in total. The monoisotopic (exact) mass is 444 g/mol. The Morgan fingerprint density at radius 1 is 1.23 bits per heavy atom. The Bertz CT molecular complexity index is 890. The first-order valence-electron chi connectivity index (χ1n) is 7.44. The molecule has 0 saturated heterocycles. The van der Waals surface area contributed by atoms with Gasteiger partial charge in [-0.05, 0) is 24.6 Å². The Labute approximate surface area is 158 Å². The molecule has 0 radical (unpaired) electrons. The number of nitrogens with one attached hydrogen (secondary N) is 1. The zero-order valence-electron chi connectivity index (χ0n) is 13.0. The van der Waals surface area contributed by atoms with Crippen LogP contribution in [0.25, 0.3) is 0 Å². The van der Waals surface area contributed by atoms with Crippen molar-refractivity contribution in [2.45, 2.75) is 19.3 Å². The predicted molar refractivity (Wildman–Crippen MR) is 92.2 cm³/mol. The Balaban J connectivity index is 1.52. The third-order valence-electron chi connectivity index (χ3n) is 3.59. The summed E-state index contributed by atoms with van der Waals surface area (Å²) in [6.07, 6.45) is -2.51. The highest BCUT2D eigenvalue weighted by Crippen LogP contribution is 2.27. The van der Waals surface area contributed by atoms with Crippen LogP contribution in [-0.2, 0) is 4.79 Å². The molecule has 1 aromatic heterocycles. The number of carbonyl (C=O) groups excluding carboxylic acids is 3. The van der Waals surface area contributed by atoms with Gasteiger partial charge in [-0.2, -0.15) is 0 Å². The molecule has 0 fully saturated rings. The van der Waals surface area contributed by atoms with Crippen molar-refractivity contribution in [3.05, 3.63) is 38.8 Å². The molecule has 0 saturated carbocycles. The van der Waals surface area contributed by atoms with Crippen LogP contribution >= 0.6 is 27.3 Å². The van der Waals surface area contributed by atoms with Crippen LogP contribution in [0.3, 0.4) is 0 Å². The molecule has 1 aliphatic rings. The van der Waals surface area contributed by atoms with Crippen molar-refractivity contribution in [1.29, 1.82) is 0 Å². The quantitative estimate of drug-likeness (QED) is 0.690. The maximum absolute atomic E-state index is 12.4. The third-order valence-corrected chi connectivity index (χ3v) is 4.93. The maximum Gasteiger partial charge on any atom is 0.291 e. The number of benzene rings is 1. The van der Waals surface area contributed by atoms with Crippen molar-refractivity contribution >= 4 is 50.1 Å². The fraction of sp³-hybridized carbons (Fsp3) is 0.267. The Morgan fingerprint density at radius 3 is 2.65 bits per heavy atom. The second kappa shape index (κ2) is 7.54. The van der Waals surface area contributed by atoms with Crippen molar-refractivity contribution in [3.8, 4) is 0 Å². The maximum atomic E-state index is 12.4. The summed E-state index contributed by atoms with van der Waals surface area (Å²) in [6.45, 7) is 0.0792. The minimum Gasteiger partial charge on any atom is -0.301 e. The van der Waals surface area contributed by atoms with Crippen LogP contribution in [0.1, 0.15) is 45.0 Å². The van der Waals surface area contributed by atoms with Gasteiger partial charge in [-0.25, -0.2) is 8.78 Å². The van der Waals surface area contributed by atoms with E-state index in [1.165, 1.54) is 0 Å². The number of carbonyl (C=O) groups is 3. The number of nitrogens with zero attached hydrogens (tertiary/aromatic N) is 3. The first kappa shape index (κ1) is 18.5. The number of hydrogen-bond acceptors (Lipinski definition) is 6. The number of rotatable bonds is 6. The molecule has 1 aliphatic heterocycles. The van der Waals surface area contributed by atoms with Gasteiger partial charge in [0.25, 0.3) is 18.2 Å². The third kappa shape index (κ3) is 3.78. The summed E-state index contributed by atoms with van der Waals surface area (Å²) < 4.78 is 25.5. The molecule has 1 aromatic carbocycles. The molecular formula is C15H11BrF2N4O3S. The van der Waals surface area contributed by atoms with Crippen LogP contribution in [0.5, 0.6) is 0 Å². The second-order valence-corrected chi connectivity index (χ2v) is 7.27. The van der Waals surface area contributed by atoms with Gasteiger partial charge >= 0.3 is 0 Å². The van der Waals surface area contributed by atoms with E-state index in [-0.39, 0.29) is 24.5 Å². The molecule has 1 N–H and O–H groups in total. The number of imide groups is 1. The van der Waals surface area contributed by atoms with Crippen molar-refractivity contribution in [2.24, 2.45) is 0 Å². The molecule has 0 unspecified atom stereocenters. The van der Waals surface area contributed by atoms with Crippen molar-refractivity contribution in [1.82, 2.24) is 15.1 Å². The van der Waals surface area contributed by atoms with Crippen LogP contribution in [0.4, 0.5) is 13.9 Å². The van der Waals surface area contributed by atoms with E-state index in [1.54, 1.807) is 18.2 Å². The standard InChI is InChI=1S/C15H11BrF2N4O3S/c16-7-3-4-8-9(6-7)14(25)22(13(8)24)5-1-2-10(23)19-15-21-20-12(26-15)11(17)18/h3-4,6,11H,1-2,5H2,(H,19,21,23). The van der Waals surface area contributed by atoms with E-state index >= 15 is 0 Å². The highest BCUT2D eigenvalue weighted by Gasteiger charge is 2.35. The summed E-state index contributed by atoms with van der Waals surface area (Å²) in [7, 11) is 0. The Morgan fingerprint density at radius 2 is 1.96 bits per heavy atom. The SMILES string of the molecule is O=C(CCCN1C(=O)c2ccc(Br)cc2C1=O)Nc1nnc(C(F)F)s1. The van der Waals surface area contributed by atoms with Crippen LogP contribution in [0, 0.1) is 0 Å². The normalized spacial score (nSPS) is 13.5. The van der Waals surface area contributed by atoms with Crippen molar-refractivity contribution in [3.63, 3.8) is 0 Å². The number of fused-ring (bicyclic) bond motifs is 1. The molecule has 3 amide bonds. The highest BCUT2D eigenvalue weighted by atomic mass is 79.9. The van der Waals surface area contributed by atoms with E-state index in [1.807, 2.05) is 0 Å². The summed E-state index contributed by atoms with van der Waals surface area (Å²) >= 11 is 3.85. The van der Waals surface area contributed by atoms with Gasteiger partial charge < -0.3 is 5.32 Å². The summed E-state index contributed by atoms with van der Waals surface area (Å²) in [4.78, 5) is 37.5. The molecule has 2 heterocycles. The lowest BCUT2D eigenvalue weighted by molar-refractivity contribution is -0.116. The summed E-state index contributed by atoms with van der Waals surface area (Å²) in [6, 6.07) is 4.83. The van der Waals surface area contributed by atoms with E-state index < -0.39 is 29.2 Å². The van der Waals surface area contributed by atoms with Crippen LogP contribution in [0.2, 0.25) is 0 Å². The van der Waals surface area contributed by atoms with E-state index in [0.29, 0.717) is 26.9 Å². The van der Waals surface area contributed by atoms with Gasteiger partial charge in [-0.15, -0.1) is 10.2 Å². The van der Waals surface area contributed by atoms with E-state index in [0.717, 1.165) is 4.90 Å². The minimum atomic E-state index is -2.74. The van der Waals surface area contributed by atoms with Gasteiger partial charge in [0, 0.05) is 17.4 Å². The molecule has 2 aromatic rings. The lowest BCUT2D eigenvalue weighted by atomic mass is 10.1. The molecular weight excluding hydrogens is 434 g/mol. The van der Waals surface area contributed by atoms with E-state index in [4.69, 9.17) is 0 Å². The zero-order chi connectivity index (χ0) is 18.8. The van der Waals surface area contributed by atoms with Gasteiger partial charge in [0.15, 0.2) is 5.01 Å². The molecule has 0 aliphatic carbocycles. The molecule has 26 heavy (non-hydrogen) atoms. The zero-order valence-corrected chi connectivity index (χ0v) is 15.4. The van der Waals surface area contributed by atoms with Gasteiger partial charge in [0.05, 0.1) is 11.1 Å². The molecule has 11 heteroatoms. The van der Waals surface area contributed by atoms with Crippen LogP contribution in [0.15, 0.2) is 22.7 Å². The lowest BCUT2D eigenvalue weighted by Gasteiger charge is -2.13. The Hall–Kier alpha value is -2.27. The topological polar surface area (TPSA) is 92.3 Å². The summed E-state index contributed by atoms with van der Waals surface area (Å²) in [5.41, 5.74) is 0.651. The van der Waals surface area contributed by atoms with Crippen molar-refractivity contribution < 1.29 is 23.2 Å². The fourth-order valence-electron chi connectivity index (χ4n) is 2.42. The number of halogens is 3. The summed E-state index contributed by atoms with van der Waals surface area (Å²) in [5.74, 6) is -1.26. The molecule has 136 valence electrons. The smallest absolute Gasteiger partial charge is 0.291 e. The van der Waals surface area contributed by atoms with Gasteiger partial charge in [-0.3, -0.25) is 19.3 Å². The van der Waals surface area contributed by atoms with Crippen molar-refractivity contribution in [2.75, 3.05) is 11.9 Å². The molecule has 3 rings (SSSR count). The lowest BCUT2D eigenvalue weighted by Crippen LogP contribution is -2.31. The fourth-order valence-corrected chi connectivity index (χ4v) is 3.40. The Kier molecular flexibility index (Phi) is 5.37. The van der Waals surface area contributed by atoms with E-state index in [9.17, 15) is 23.2 Å². The number of hydrogen-bond donors (Lipinski definition) is 1. The second-order valence-electron chi connectivity index (χ2n) is 5.35. The predicted octanol–water partition coefficient (Wildman–Crippen LogP) is 3.25.